The lowest BCUT2D eigenvalue weighted by molar-refractivity contribution is -0.159. The Bertz CT molecular complexity index is 1140. The number of halogens is 4. The number of aliphatic hydroxyl groups excluding tert-OH is 3. The van der Waals surface area contributed by atoms with Crippen molar-refractivity contribution in [3.05, 3.63) is 51.9 Å². The molecule has 1 saturated heterocycles. The van der Waals surface area contributed by atoms with Gasteiger partial charge >= 0.3 is 0 Å². The van der Waals surface area contributed by atoms with Crippen LogP contribution in [0.4, 0.5) is 13.2 Å². The smallest absolute Gasteiger partial charge is 0.194 e. The summed E-state index contributed by atoms with van der Waals surface area (Å²) in [4.78, 5) is 4.03. The van der Waals surface area contributed by atoms with Gasteiger partial charge in [0.1, 0.15) is 46.6 Å². The van der Waals surface area contributed by atoms with Crippen LogP contribution >= 0.6 is 23.4 Å². The van der Waals surface area contributed by atoms with Gasteiger partial charge in [0.05, 0.1) is 11.6 Å². The third-order valence-corrected chi connectivity index (χ3v) is 6.06. The molecule has 10 nitrogen and oxygen atoms in total. The fourth-order valence-electron chi connectivity index (χ4n) is 2.99. The van der Waals surface area contributed by atoms with Crippen LogP contribution in [-0.4, -0.2) is 73.8 Å². The molecule has 5 atom stereocenters. The lowest BCUT2D eigenvalue weighted by atomic mass is 9.98. The summed E-state index contributed by atoms with van der Waals surface area (Å²) in [6, 6.07) is 3.06. The van der Waals surface area contributed by atoms with Crippen molar-refractivity contribution < 1.29 is 33.2 Å². The van der Waals surface area contributed by atoms with E-state index in [0.29, 0.717) is 12.1 Å². The average molecular weight is 517 g/mol. The van der Waals surface area contributed by atoms with Gasteiger partial charge in [-0.1, -0.05) is 23.4 Å². The van der Waals surface area contributed by atoms with Crippen molar-refractivity contribution in [3.8, 4) is 6.07 Å². The van der Waals surface area contributed by atoms with Gasteiger partial charge in [-0.3, -0.25) is 4.99 Å². The van der Waals surface area contributed by atoms with E-state index in [0.717, 1.165) is 18.0 Å². The summed E-state index contributed by atoms with van der Waals surface area (Å²) >= 11 is 6.78. The number of aliphatic hydroxyl groups is 3. The number of aliphatic imine (C=N–C) groups is 1. The number of ether oxygens (including phenoxy) is 1. The zero-order valence-electron chi connectivity index (χ0n) is 16.9. The Kier molecular flexibility index (Phi) is 8.42. The highest BCUT2D eigenvalue weighted by Gasteiger charge is 2.44. The molecule has 0 aliphatic carbocycles. The normalized spacial score (nSPS) is 25.5. The molecular weight excluding hydrogens is 501 g/mol. The summed E-state index contributed by atoms with van der Waals surface area (Å²) in [5, 5.41) is 50.7. The third kappa shape index (κ3) is 5.46. The first kappa shape index (κ1) is 25.8. The standard InChI is InChI=1S/C19H16ClF3N6O4S/c20-8-3-14(29-28-11(8)4-24)34-19-18(32)16(17(31)13(6-30)33-19)26-5-12(27-25)7-1-9(21)15(23)10(22)2-7/h1-3,5,13,16-19,30-32H,6,25H2/t13?,16?,17-,18?,19+/m0/s1. The Balaban J connectivity index is 1.86. The number of nitrogens with two attached hydrogens (primary N) is 1. The molecule has 1 aromatic carbocycles. The van der Waals surface area contributed by atoms with Crippen molar-refractivity contribution in [1.82, 2.24) is 10.2 Å². The Labute approximate surface area is 199 Å². The first-order chi connectivity index (χ1) is 16.2. The largest absolute Gasteiger partial charge is 0.394 e. The van der Waals surface area contributed by atoms with E-state index in [1.807, 2.05) is 0 Å². The van der Waals surface area contributed by atoms with Gasteiger partial charge in [0.25, 0.3) is 0 Å². The van der Waals surface area contributed by atoms with Crippen LogP contribution in [0.25, 0.3) is 0 Å². The molecule has 1 aliphatic rings. The highest BCUT2D eigenvalue weighted by Crippen LogP contribution is 2.34. The molecule has 34 heavy (non-hydrogen) atoms. The van der Waals surface area contributed by atoms with Crippen LogP contribution in [0.15, 0.2) is 33.3 Å². The SMILES string of the molecule is N#Cc1nnc(S[C@H]2OC(CO)[C@H](O)C(N=CC(=NN)c3cc(F)c(F)c(F)c3)C2O)cc1Cl. The van der Waals surface area contributed by atoms with E-state index in [1.54, 1.807) is 6.07 Å². The molecule has 5 N–H and O–H groups in total. The molecule has 0 radical (unpaired) electrons. The van der Waals surface area contributed by atoms with E-state index in [4.69, 9.17) is 27.4 Å². The monoisotopic (exact) mass is 516 g/mol. The van der Waals surface area contributed by atoms with E-state index in [9.17, 15) is 28.5 Å². The lowest BCUT2D eigenvalue weighted by Gasteiger charge is -2.40. The number of nitriles is 1. The Morgan fingerprint density at radius 1 is 1.24 bits per heavy atom. The molecule has 2 heterocycles. The number of hydrogen-bond donors (Lipinski definition) is 4. The van der Waals surface area contributed by atoms with Crippen molar-refractivity contribution in [1.29, 1.82) is 5.26 Å². The van der Waals surface area contributed by atoms with Gasteiger partial charge in [-0.25, -0.2) is 13.2 Å². The molecule has 0 spiro atoms. The second-order valence-electron chi connectivity index (χ2n) is 6.85. The number of hydrogen-bond acceptors (Lipinski definition) is 11. The van der Waals surface area contributed by atoms with Gasteiger partial charge in [-0.05, 0) is 18.2 Å². The van der Waals surface area contributed by atoms with Gasteiger partial charge < -0.3 is 25.9 Å². The summed E-state index contributed by atoms with van der Waals surface area (Å²) in [6.45, 7) is -0.636. The highest BCUT2D eigenvalue weighted by atomic mass is 35.5. The van der Waals surface area contributed by atoms with Gasteiger partial charge in [0.2, 0.25) is 0 Å². The fraction of sp³-hybridized carbons (Fsp3) is 0.316. The van der Waals surface area contributed by atoms with Crippen LogP contribution in [0, 0.1) is 28.8 Å². The van der Waals surface area contributed by atoms with Crippen molar-refractivity contribution in [2.75, 3.05) is 6.61 Å². The van der Waals surface area contributed by atoms with Crippen LogP contribution in [-0.2, 0) is 4.74 Å². The third-order valence-electron chi connectivity index (χ3n) is 4.70. The molecule has 0 amide bonds. The highest BCUT2D eigenvalue weighted by molar-refractivity contribution is 7.99. The van der Waals surface area contributed by atoms with Crippen molar-refractivity contribution >= 4 is 35.3 Å². The number of nitrogens with zero attached hydrogens (tertiary/aromatic N) is 5. The number of rotatable bonds is 6. The van der Waals surface area contributed by atoms with Crippen LogP contribution in [0.2, 0.25) is 5.02 Å². The van der Waals surface area contributed by atoms with Gasteiger partial charge in [-0.2, -0.15) is 10.4 Å². The molecule has 180 valence electrons. The molecule has 1 aliphatic heterocycles. The number of aromatic nitrogens is 2. The van der Waals surface area contributed by atoms with Crippen LogP contribution in [0.1, 0.15) is 11.3 Å². The molecule has 15 heteroatoms. The zero-order valence-corrected chi connectivity index (χ0v) is 18.5. The molecular formula is C19H16ClF3N6O4S. The molecule has 0 saturated carbocycles. The fourth-order valence-corrected chi connectivity index (χ4v) is 4.25. The number of hydrazone groups is 1. The molecule has 1 aromatic heterocycles. The van der Waals surface area contributed by atoms with E-state index in [2.05, 4.69) is 20.3 Å². The summed E-state index contributed by atoms with van der Waals surface area (Å²) < 4.78 is 45.9. The Hall–Kier alpha value is -2.80. The van der Waals surface area contributed by atoms with E-state index in [1.165, 1.54) is 6.07 Å². The van der Waals surface area contributed by atoms with Crippen LogP contribution in [0.3, 0.4) is 0 Å². The minimum absolute atomic E-state index is 0.0150. The number of benzene rings is 1. The van der Waals surface area contributed by atoms with Crippen molar-refractivity contribution in [2.24, 2.45) is 15.9 Å². The van der Waals surface area contributed by atoms with Gasteiger partial charge in [-0.15, -0.1) is 10.2 Å². The van der Waals surface area contributed by atoms with Gasteiger partial charge in [0.15, 0.2) is 23.1 Å². The predicted octanol–water partition coefficient (Wildman–Crippen LogP) is 0.752. The first-order valence-electron chi connectivity index (χ1n) is 9.38. The molecule has 3 rings (SSSR count). The van der Waals surface area contributed by atoms with Crippen molar-refractivity contribution in [2.45, 2.75) is 34.8 Å². The topological polar surface area (TPSA) is 170 Å². The first-order valence-corrected chi connectivity index (χ1v) is 10.6. The van der Waals surface area contributed by atoms with Crippen LogP contribution < -0.4 is 5.84 Å². The minimum atomic E-state index is -1.68. The Morgan fingerprint density at radius 3 is 2.47 bits per heavy atom. The van der Waals surface area contributed by atoms with E-state index in [-0.39, 0.29) is 27.0 Å². The van der Waals surface area contributed by atoms with E-state index >= 15 is 0 Å². The van der Waals surface area contributed by atoms with Crippen LogP contribution in [0.5, 0.6) is 0 Å². The zero-order chi connectivity index (χ0) is 25.0. The maximum atomic E-state index is 13.6. The molecule has 2 aromatic rings. The maximum absolute atomic E-state index is 13.6. The quantitative estimate of drug-likeness (QED) is 0.187. The molecule has 0 bridgehead atoms. The predicted molar refractivity (Wildman–Crippen MR) is 115 cm³/mol. The Morgan fingerprint density at radius 2 is 1.91 bits per heavy atom. The second-order valence-corrected chi connectivity index (χ2v) is 8.38. The average Bonchev–Trinajstić information content (AvgIpc) is 2.81. The summed E-state index contributed by atoms with van der Waals surface area (Å²) in [5.74, 6) is 0.631. The minimum Gasteiger partial charge on any atom is -0.394 e. The molecule has 3 unspecified atom stereocenters. The summed E-state index contributed by atoms with van der Waals surface area (Å²) in [5.41, 5.74) is -1.76. The van der Waals surface area contributed by atoms with Gasteiger partial charge in [0, 0.05) is 11.8 Å². The second kappa shape index (κ2) is 11.1. The summed E-state index contributed by atoms with van der Waals surface area (Å²) in [6.07, 6.45) is -3.23. The summed E-state index contributed by atoms with van der Waals surface area (Å²) in [7, 11) is 0. The molecule has 1 fully saturated rings. The number of thioether (sulfide) groups is 1. The lowest BCUT2D eigenvalue weighted by Crippen LogP contribution is -2.56. The van der Waals surface area contributed by atoms with E-state index < -0.39 is 53.8 Å². The van der Waals surface area contributed by atoms with Crippen molar-refractivity contribution in [3.63, 3.8) is 0 Å². The maximum Gasteiger partial charge on any atom is 0.194 e.